The first-order valence-corrected chi connectivity index (χ1v) is 6.82. The van der Waals surface area contributed by atoms with Gasteiger partial charge in [0.15, 0.2) is 0 Å². The van der Waals surface area contributed by atoms with Crippen molar-refractivity contribution in [1.82, 2.24) is 5.32 Å². The Balaban J connectivity index is 1.96. The highest BCUT2D eigenvalue weighted by atomic mass is 19.1. The zero-order valence-electron chi connectivity index (χ0n) is 11.1. The maximum Gasteiger partial charge on any atom is 0.123 e. The molecule has 3 rings (SSSR count). The van der Waals surface area contributed by atoms with E-state index in [1.807, 2.05) is 19.2 Å². The summed E-state index contributed by atoms with van der Waals surface area (Å²) in [6.07, 6.45) is 3.65. The molecule has 0 saturated carbocycles. The first-order chi connectivity index (χ1) is 9.28. The molecular formula is C17H18FN. The molecule has 0 fully saturated rings. The van der Waals surface area contributed by atoms with Crippen LogP contribution >= 0.6 is 0 Å². The topological polar surface area (TPSA) is 12.0 Å². The molecule has 0 amide bonds. The summed E-state index contributed by atoms with van der Waals surface area (Å²) in [5.74, 6) is -0.187. The van der Waals surface area contributed by atoms with E-state index in [4.69, 9.17) is 0 Å². The molecule has 98 valence electrons. The van der Waals surface area contributed by atoms with Crippen molar-refractivity contribution in [3.05, 3.63) is 70.5 Å². The molecule has 2 heteroatoms. The lowest BCUT2D eigenvalue weighted by atomic mass is 9.96. The van der Waals surface area contributed by atoms with Gasteiger partial charge in [0, 0.05) is 0 Å². The van der Waals surface area contributed by atoms with Gasteiger partial charge in [0.05, 0.1) is 6.04 Å². The molecule has 19 heavy (non-hydrogen) atoms. The fourth-order valence-electron chi connectivity index (χ4n) is 2.95. The molecule has 1 aliphatic rings. The van der Waals surface area contributed by atoms with E-state index < -0.39 is 0 Å². The van der Waals surface area contributed by atoms with Gasteiger partial charge in [-0.25, -0.2) is 4.39 Å². The molecule has 0 saturated heterocycles. The van der Waals surface area contributed by atoms with E-state index in [9.17, 15) is 4.39 Å². The van der Waals surface area contributed by atoms with Crippen LogP contribution in [0.3, 0.4) is 0 Å². The minimum Gasteiger partial charge on any atom is -0.309 e. The highest BCUT2D eigenvalue weighted by molar-refractivity contribution is 5.40. The number of fused-ring (bicyclic) bond motifs is 1. The zero-order chi connectivity index (χ0) is 13.2. The third kappa shape index (κ3) is 2.41. The lowest BCUT2D eigenvalue weighted by Crippen LogP contribution is -2.17. The summed E-state index contributed by atoms with van der Waals surface area (Å²) < 4.78 is 13.0. The standard InChI is InChI=1S/C17H18FN/c1-19-17(13-7-9-16(18)10-8-13)15-6-5-12-3-2-4-14(12)11-15/h5-11,17,19H,2-4H2,1H3. The Morgan fingerprint density at radius 2 is 1.63 bits per heavy atom. The van der Waals surface area contributed by atoms with Gasteiger partial charge in [-0.15, -0.1) is 0 Å². The SMILES string of the molecule is CNC(c1ccc(F)cc1)c1ccc2c(c1)CCC2. The number of hydrogen-bond donors (Lipinski definition) is 1. The van der Waals surface area contributed by atoms with Crippen molar-refractivity contribution in [2.75, 3.05) is 7.05 Å². The van der Waals surface area contributed by atoms with Crippen LogP contribution in [0.2, 0.25) is 0 Å². The Morgan fingerprint density at radius 1 is 0.947 bits per heavy atom. The lowest BCUT2D eigenvalue weighted by Gasteiger charge is -2.18. The van der Waals surface area contributed by atoms with Crippen LogP contribution in [0.25, 0.3) is 0 Å². The van der Waals surface area contributed by atoms with Gasteiger partial charge in [0.25, 0.3) is 0 Å². The summed E-state index contributed by atoms with van der Waals surface area (Å²) in [6, 6.07) is 13.6. The quantitative estimate of drug-likeness (QED) is 0.883. The molecule has 0 spiro atoms. The zero-order valence-corrected chi connectivity index (χ0v) is 11.1. The average molecular weight is 255 g/mol. The number of aryl methyl sites for hydroxylation is 2. The van der Waals surface area contributed by atoms with Crippen molar-refractivity contribution in [2.45, 2.75) is 25.3 Å². The molecule has 1 atom stereocenters. The summed E-state index contributed by atoms with van der Waals surface area (Å²) in [5, 5.41) is 3.32. The van der Waals surface area contributed by atoms with E-state index in [0.29, 0.717) is 0 Å². The van der Waals surface area contributed by atoms with Crippen molar-refractivity contribution in [3.8, 4) is 0 Å². The molecule has 1 aliphatic carbocycles. The third-order valence-corrected chi connectivity index (χ3v) is 3.95. The van der Waals surface area contributed by atoms with Crippen LogP contribution in [0.5, 0.6) is 0 Å². The van der Waals surface area contributed by atoms with Crippen molar-refractivity contribution in [3.63, 3.8) is 0 Å². The normalized spacial score (nSPS) is 15.3. The van der Waals surface area contributed by atoms with E-state index in [0.717, 1.165) is 5.56 Å². The van der Waals surface area contributed by atoms with Gasteiger partial charge in [0.1, 0.15) is 5.82 Å². The Hall–Kier alpha value is -1.67. The molecule has 1 N–H and O–H groups in total. The van der Waals surface area contributed by atoms with E-state index in [-0.39, 0.29) is 11.9 Å². The highest BCUT2D eigenvalue weighted by Gasteiger charge is 2.16. The van der Waals surface area contributed by atoms with Gasteiger partial charge in [-0.1, -0.05) is 30.3 Å². The number of nitrogens with one attached hydrogen (secondary N) is 1. The molecule has 0 radical (unpaired) electrons. The second kappa shape index (κ2) is 5.14. The van der Waals surface area contributed by atoms with Crippen molar-refractivity contribution >= 4 is 0 Å². The van der Waals surface area contributed by atoms with Crippen molar-refractivity contribution < 1.29 is 4.39 Å². The highest BCUT2D eigenvalue weighted by Crippen LogP contribution is 2.28. The summed E-state index contributed by atoms with van der Waals surface area (Å²) in [4.78, 5) is 0. The minimum absolute atomic E-state index is 0.131. The number of hydrogen-bond acceptors (Lipinski definition) is 1. The maximum atomic E-state index is 13.0. The third-order valence-electron chi connectivity index (χ3n) is 3.95. The molecule has 0 bridgehead atoms. The van der Waals surface area contributed by atoms with Gasteiger partial charge >= 0.3 is 0 Å². The van der Waals surface area contributed by atoms with Gasteiger partial charge in [-0.3, -0.25) is 0 Å². The van der Waals surface area contributed by atoms with Crippen molar-refractivity contribution in [1.29, 1.82) is 0 Å². The van der Waals surface area contributed by atoms with Crippen LogP contribution in [0, 0.1) is 5.82 Å². The predicted octanol–water partition coefficient (Wildman–Crippen LogP) is 3.62. The first-order valence-electron chi connectivity index (χ1n) is 6.82. The molecular weight excluding hydrogens is 237 g/mol. The smallest absolute Gasteiger partial charge is 0.123 e. The second-order valence-corrected chi connectivity index (χ2v) is 5.15. The molecule has 0 heterocycles. The summed E-state index contributed by atoms with van der Waals surface area (Å²) in [7, 11) is 1.95. The summed E-state index contributed by atoms with van der Waals surface area (Å²) in [5.41, 5.74) is 5.31. The van der Waals surface area contributed by atoms with Crippen LogP contribution in [0.4, 0.5) is 4.39 Å². The summed E-state index contributed by atoms with van der Waals surface area (Å²) >= 11 is 0. The lowest BCUT2D eigenvalue weighted by molar-refractivity contribution is 0.623. The largest absolute Gasteiger partial charge is 0.309 e. The molecule has 0 aromatic heterocycles. The van der Waals surface area contributed by atoms with Crippen LogP contribution in [-0.2, 0) is 12.8 Å². The fourth-order valence-corrected chi connectivity index (χ4v) is 2.95. The van der Waals surface area contributed by atoms with E-state index in [1.165, 1.54) is 48.1 Å². The maximum absolute atomic E-state index is 13.0. The fraction of sp³-hybridized carbons (Fsp3) is 0.294. The Labute approximate surface area is 113 Å². The van der Waals surface area contributed by atoms with E-state index in [2.05, 4.69) is 23.5 Å². The Kier molecular flexibility index (Phi) is 3.34. The van der Waals surface area contributed by atoms with Crippen LogP contribution in [-0.4, -0.2) is 7.05 Å². The van der Waals surface area contributed by atoms with Crippen molar-refractivity contribution in [2.24, 2.45) is 0 Å². The Bertz CT molecular complexity index is 574. The van der Waals surface area contributed by atoms with Gasteiger partial charge in [-0.05, 0) is 60.7 Å². The van der Waals surface area contributed by atoms with Crippen LogP contribution in [0.1, 0.15) is 34.7 Å². The number of rotatable bonds is 3. The van der Waals surface area contributed by atoms with Crippen LogP contribution in [0.15, 0.2) is 42.5 Å². The van der Waals surface area contributed by atoms with Crippen LogP contribution < -0.4 is 5.32 Å². The number of benzene rings is 2. The first kappa shape index (κ1) is 12.4. The average Bonchev–Trinajstić information content (AvgIpc) is 2.89. The molecule has 2 aromatic rings. The molecule has 2 aromatic carbocycles. The van der Waals surface area contributed by atoms with E-state index in [1.54, 1.807) is 0 Å². The van der Waals surface area contributed by atoms with E-state index >= 15 is 0 Å². The minimum atomic E-state index is -0.187. The molecule has 1 nitrogen and oxygen atoms in total. The van der Waals surface area contributed by atoms with Gasteiger partial charge < -0.3 is 5.32 Å². The Morgan fingerprint density at radius 3 is 2.37 bits per heavy atom. The molecule has 1 unspecified atom stereocenters. The second-order valence-electron chi connectivity index (χ2n) is 5.15. The van der Waals surface area contributed by atoms with Gasteiger partial charge in [-0.2, -0.15) is 0 Å². The number of halogens is 1. The monoisotopic (exact) mass is 255 g/mol. The summed E-state index contributed by atoms with van der Waals surface area (Å²) in [6.45, 7) is 0. The molecule has 0 aliphatic heterocycles. The van der Waals surface area contributed by atoms with Gasteiger partial charge in [0.2, 0.25) is 0 Å². The predicted molar refractivity (Wildman–Crippen MR) is 75.8 cm³/mol.